The molecule has 0 aliphatic carbocycles. The Kier molecular flexibility index (Phi) is 2.68. The third kappa shape index (κ3) is 2.15. The lowest BCUT2D eigenvalue weighted by Gasteiger charge is -2.04. The number of hydrogen-bond donors (Lipinski definition) is 3. The highest BCUT2D eigenvalue weighted by Crippen LogP contribution is 2.20. The fourth-order valence-corrected chi connectivity index (χ4v) is 2.04. The quantitative estimate of drug-likeness (QED) is 0.656. The number of para-hydroxylation sites is 1. The van der Waals surface area contributed by atoms with Crippen molar-refractivity contribution in [1.29, 1.82) is 0 Å². The van der Waals surface area contributed by atoms with Gasteiger partial charge in [-0.1, -0.05) is 24.3 Å². The van der Waals surface area contributed by atoms with Crippen LogP contribution in [0.2, 0.25) is 0 Å². The number of nitrogens with one attached hydrogen (secondary N) is 2. The Labute approximate surface area is 109 Å². The molecule has 0 saturated carbocycles. The number of aromatic hydroxyl groups is 1. The summed E-state index contributed by atoms with van der Waals surface area (Å²) in [5, 5.41) is 13.0. The van der Waals surface area contributed by atoms with Crippen molar-refractivity contribution in [2.45, 2.75) is 0 Å². The van der Waals surface area contributed by atoms with Crippen LogP contribution in [0.3, 0.4) is 0 Å². The topological polar surface area (TPSA) is 65.1 Å². The molecule has 3 rings (SSSR count). The molecule has 0 radical (unpaired) electrons. The molecule has 1 aromatic heterocycles. The number of aromatic nitrogens is 1. The van der Waals surface area contributed by atoms with Crippen LogP contribution in [0.25, 0.3) is 10.9 Å². The summed E-state index contributed by atoms with van der Waals surface area (Å²) in [4.78, 5) is 15.2. The van der Waals surface area contributed by atoms with Crippen LogP contribution in [-0.4, -0.2) is 16.0 Å². The molecule has 3 aromatic rings. The van der Waals surface area contributed by atoms with Crippen molar-refractivity contribution in [3.05, 3.63) is 60.3 Å². The highest BCUT2D eigenvalue weighted by molar-refractivity contribution is 6.12. The molecule has 1 amide bonds. The van der Waals surface area contributed by atoms with Gasteiger partial charge in [0, 0.05) is 28.9 Å². The van der Waals surface area contributed by atoms with Gasteiger partial charge in [0.2, 0.25) is 0 Å². The van der Waals surface area contributed by atoms with E-state index in [4.69, 9.17) is 0 Å². The van der Waals surface area contributed by atoms with Crippen molar-refractivity contribution < 1.29 is 9.90 Å². The zero-order valence-electron chi connectivity index (χ0n) is 10.1. The Balaban J connectivity index is 1.92. The van der Waals surface area contributed by atoms with Gasteiger partial charge in [0.25, 0.3) is 5.91 Å². The molecular weight excluding hydrogens is 240 g/mol. The Morgan fingerprint density at radius 1 is 1.11 bits per heavy atom. The minimum atomic E-state index is -0.206. The first-order chi connectivity index (χ1) is 9.24. The summed E-state index contributed by atoms with van der Waals surface area (Å²) in [6.07, 6.45) is 1.68. The lowest BCUT2D eigenvalue weighted by atomic mass is 10.1. The summed E-state index contributed by atoms with van der Waals surface area (Å²) >= 11 is 0. The van der Waals surface area contributed by atoms with Crippen molar-refractivity contribution in [1.82, 2.24) is 4.98 Å². The second kappa shape index (κ2) is 4.49. The molecule has 94 valence electrons. The monoisotopic (exact) mass is 252 g/mol. The number of hydrogen-bond acceptors (Lipinski definition) is 2. The lowest BCUT2D eigenvalue weighted by Crippen LogP contribution is -2.11. The SMILES string of the molecule is O=C(Nc1cccc(O)c1)c1c[nH]c2ccccc12. The molecule has 0 atom stereocenters. The number of benzene rings is 2. The average Bonchev–Trinajstić information content (AvgIpc) is 2.82. The summed E-state index contributed by atoms with van der Waals surface area (Å²) in [5.41, 5.74) is 2.07. The van der Waals surface area contributed by atoms with Crippen molar-refractivity contribution in [3.63, 3.8) is 0 Å². The number of H-pyrrole nitrogens is 1. The molecule has 4 nitrogen and oxygen atoms in total. The van der Waals surface area contributed by atoms with E-state index in [2.05, 4.69) is 10.3 Å². The Hall–Kier alpha value is -2.75. The van der Waals surface area contributed by atoms with Gasteiger partial charge in [0.1, 0.15) is 5.75 Å². The number of phenolic OH excluding ortho intramolecular Hbond substituents is 1. The molecular formula is C15H12N2O2. The normalized spacial score (nSPS) is 10.5. The summed E-state index contributed by atoms with van der Waals surface area (Å²) in [5.74, 6) is -0.0835. The zero-order chi connectivity index (χ0) is 13.2. The van der Waals surface area contributed by atoms with Gasteiger partial charge >= 0.3 is 0 Å². The molecule has 4 heteroatoms. The van der Waals surface area contributed by atoms with E-state index in [1.165, 1.54) is 6.07 Å². The van der Waals surface area contributed by atoms with Crippen molar-refractivity contribution in [2.75, 3.05) is 5.32 Å². The van der Waals surface area contributed by atoms with Crippen LogP contribution in [0.5, 0.6) is 5.75 Å². The van der Waals surface area contributed by atoms with Crippen molar-refractivity contribution in [2.24, 2.45) is 0 Å². The largest absolute Gasteiger partial charge is 0.508 e. The third-order valence-electron chi connectivity index (χ3n) is 2.94. The molecule has 1 heterocycles. The van der Waals surface area contributed by atoms with Gasteiger partial charge in [-0.3, -0.25) is 4.79 Å². The number of amides is 1. The fourth-order valence-electron chi connectivity index (χ4n) is 2.04. The van der Waals surface area contributed by atoms with Gasteiger partial charge in [-0.05, 0) is 18.2 Å². The van der Waals surface area contributed by atoms with Crippen molar-refractivity contribution in [3.8, 4) is 5.75 Å². The average molecular weight is 252 g/mol. The van der Waals surface area contributed by atoms with E-state index in [-0.39, 0.29) is 11.7 Å². The first-order valence-electron chi connectivity index (χ1n) is 5.90. The van der Waals surface area contributed by atoms with Crippen LogP contribution in [-0.2, 0) is 0 Å². The molecule has 0 aliphatic rings. The smallest absolute Gasteiger partial charge is 0.257 e. The number of aromatic amines is 1. The van der Waals surface area contributed by atoms with Crippen LogP contribution in [0.1, 0.15) is 10.4 Å². The number of rotatable bonds is 2. The second-order valence-corrected chi connectivity index (χ2v) is 4.25. The molecule has 3 N–H and O–H groups in total. The summed E-state index contributed by atoms with van der Waals surface area (Å²) in [7, 11) is 0. The van der Waals surface area contributed by atoms with Crippen LogP contribution >= 0.6 is 0 Å². The summed E-state index contributed by atoms with van der Waals surface area (Å²) in [6.45, 7) is 0. The van der Waals surface area contributed by atoms with E-state index in [0.717, 1.165) is 10.9 Å². The van der Waals surface area contributed by atoms with Gasteiger partial charge in [-0.15, -0.1) is 0 Å². The molecule has 0 unspecified atom stereocenters. The molecule has 0 aliphatic heterocycles. The van der Waals surface area contributed by atoms with Crippen LogP contribution in [0, 0.1) is 0 Å². The standard InChI is InChI=1S/C15H12N2O2/c18-11-5-3-4-10(8-11)17-15(19)13-9-16-14-7-2-1-6-12(13)14/h1-9,16,18H,(H,17,19). The first-order valence-corrected chi connectivity index (χ1v) is 5.90. The second-order valence-electron chi connectivity index (χ2n) is 4.25. The number of phenols is 1. The van der Waals surface area contributed by atoms with Gasteiger partial charge in [-0.2, -0.15) is 0 Å². The highest BCUT2D eigenvalue weighted by atomic mass is 16.3. The predicted octanol–water partition coefficient (Wildman–Crippen LogP) is 3.13. The Morgan fingerprint density at radius 2 is 1.95 bits per heavy atom. The number of fused-ring (bicyclic) bond motifs is 1. The number of carbonyl (C=O) groups is 1. The molecule has 0 spiro atoms. The van der Waals surface area contributed by atoms with E-state index < -0.39 is 0 Å². The van der Waals surface area contributed by atoms with E-state index in [0.29, 0.717) is 11.3 Å². The van der Waals surface area contributed by atoms with Crippen LogP contribution in [0.15, 0.2) is 54.7 Å². The van der Waals surface area contributed by atoms with Crippen molar-refractivity contribution >= 4 is 22.5 Å². The molecule has 0 fully saturated rings. The fraction of sp³-hybridized carbons (Fsp3) is 0. The van der Waals surface area contributed by atoms with E-state index >= 15 is 0 Å². The third-order valence-corrected chi connectivity index (χ3v) is 2.94. The van der Waals surface area contributed by atoms with Gasteiger partial charge in [-0.25, -0.2) is 0 Å². The molecule has 19 heavy (non-hydrogen) atoms. The maximum atomic E-state index is 12.2. The van der Waals surface area contributed by atoms with Crippen LogP contribution < -0.4 is 5.32 Å². The first kappa shape index (κ1) is 11.3. The van der Waals surface area contributed by atoms with E-state index in [9.17, 15) is 9.90 Å². The Morgan fingerprint density at radius 3 is 2.79 bits per heavy atom. The molecule has 0 bridgehead atoms. The predicted molar refractivity (Wildman–Crippen MR) is 74.4 cm³/mol. The maximum Gasteiger partial charge on any atom is 0.257 e. The summed E-state index contributed by atoms with van der Waals surface area (Å²) < 4.78 is 0. The minimum Gasteiger partial charge on any atom is -0.508 e. The Bertz CT molecular complexity index is 746. The van der Waals surface area contributed by atoms with E-state index in [1.807, 2.05) is 24.3 Å². The maximum absolute atomic E-state index is 12.2. The highest BCUT2D eigenvalue weighted by Gasteiger charge is 2.11. The molecule has 0 saturated heterocycles. The number of anilines is 1. The lowest BCUT2D eigenvalue weighted by molar-refractivity contribution is 0.102. The van der Waals surface area contributed by atoms with Gasteiger partial charge in [0.15, 0.2) is 0 Å². The minimum absolute atomic E-state index is 0.122. The number of carbonyl (C=O) groups excluding carboxylic acids is 1. The van der Waals surface area contributed by atoms with E-state index in [1.54, 1.807) is 24.4 Å². The zero-order valence-corrected chi connectivity index (χ0v) is 10.1. The van der Waals surface area contributed by atoms with Crippen LogP contribution in [0.4, 0.5) is 5.69 Å². The van der Waals surface area contributed by atoms with Gasteiger partial charge < -0.3 is 15.4 Å². The van der Waals surface area contributed by atoms with Gasteiger partial charge in [0.05, 0.1) is 5.56 Å². The summed E-state index contributed by atoms with van der Waals surface area (Å²) in [6, 6.07) is 14.1. The molecule has 2 aromatic carbocycles.